The van der Waals surface area contributed by atoms with Gasteiger partial charge in [0.25, 0.3) is 0 Å². The predicted octanol–water partition coefficient (Wildman–Crippen LogP) is 2.84. The molecule has 0 aliphatic heterocycles. The number of ether oxygens (including phenoxy) is 1. The van der Waals surface area contributed by atoms with Crippen molar-refractivity contribution in [3.05, 3.63) is 53.8 Å². The second-order valence-corrected chi connectivity index (χ2v) is 4.01. The Kier molecular flexibility index (Phi) is 4.03. The fourth-order valence-corrected chi connectivity index (χ4v) is 1.57. The maximum absolute atomic E-state index is 12.9. The first-order valence-electron chi connectivity index (χ1n) is 5.76. The number of carboxylic acids is 1. The number of aromatic hydroxyl groups is 1. The smallest absolute Gasteiger partial charge is 0.417 e. The Morgan fingerprint density at radius 3 is 2.57 bits per heavy atom. The molecule has 0 fully saturated rings. The van der Waals surface area contributed by atoms with Gasteiger partial charge in [-0.15, -0.1) is 0 Å². The molecule has 2 rings (SSSR count). The Morgan fingerprint density at radius 1 is 1.14 bits per heavy atom. The van der Waals surface area contributed by atoms with Crippen LogP contribution in [-0.2, 0) is 0 Å². The summed E-state index contributed by atoms with van der Waals surface area (Å²) in [5.74, 6) is -2.32. The van der Waals surface area contributed by atoms with Crippen LogP contribution in [0.2, 0.25) is 0 Å². The van der Waals surface area contributed by atoms with Crippen molar-refractivity contribution in [2.24, 2.45) is 0 Å². The molecule has 0 saturated carbocycles. The average Bonchev–Trinajstić information content (AvgIpc) is 2.40. The number of aromatic carboxylic acids is 1. The number of hydrogen-bond donors (Lipinski definition) is 3. The highest BCUT2D eigenvalue weighted by molar-refractivity contribution is 5.94. The van der Waals surface area contributed by atoms with Gasteiger partial charge in [0.05, 0.1) is 0 Å². The minimum Gasteiger partial charge on any atom is -0.507 e. The normalized spacial score (nSPS) is 9.95. The van der Waals surface area contributed by atoms with Crippen molar-refractivity contribution >= 4 is 17.7 Å². The van der Waals surface area contributed by atoms with Gasteiger partial charge in [-0.25, -0.2) is 14.0 Å². The maximum Gasteiger partial charge on any atom is 0.417 e. The van der Waals surface area contributed by atoms with Gasteiger partial charge in [-0.3, -0.25) is 5.32 Å². The monoisotopic (exact) mass is 291 g/mol. The minimum absolute atomic E-state index is 0.00439. The third-order valence-electron chi connectivity index (χ3n) is 2.48. The van der Waals surface area contributed by atoms with Crippen molar-refractivity contribution in [1.82, 2.24) is 0 Å². The molecule has 0 radical (unpaired) electrons. The summed E-state index contributed by atoms with van der Waals surface area (Å²) in [6.45, 7) is 0. The second-order valence-electron chi connectivity index (χ2n) is 4.01. The topological polar surface area (TPSA) is 95.9 Å². The van der Waals surface area contributed by atoms with E-state index in [1.165, 1.54) is 24.3 Å². The van der Waals surface area contributed by atoms with E-state index in [0.29, 0.717) is 0 Å². The summed E-state index contributed by atoms with van der Waals surface area (Å²) in [7, 11) is 0. The van der Waals surface area contributed by atoms with Crippen LogP contribution in [0.25, 0.3) is 0 Å². The first kappa shape index (κ1) is 14.3. The number of phenols is 1. The summed E-state index contributed by atoms with van der Waals surface area (Å²) in [6, 6.07) is 8.49. The standard InChI is InChI=1S/C14H10FNO5/c15-8-2-1-3-10(6-8)21-14(20)16-9-4-5-12(17)11(7-9)13(18)19/h1-7,17H,(H,16,20)(H,18,19). The highest BCUT2D eigenvalue weighted by Gasteiger charge is 2.12. The van der Waals surface area contributed by atoms with Crippen LogP contribution >= 0.6 is 0 Å². The fraction of sp³-hybridized carbons (Fsp3) is 0. The number of carboxylic acid groups (broad SMARTS) is 1. The third-order valence-corrected chi connectivity index (χ3v) is 2.48. The van der Waals surface area contributed by atoms with E-state index in [1.807, 2.05) is 0 Å². The molecule has 3 N–H and O–H groups in total. The fourth-order valence-electron chi connectivity index (χ4n) is 1.57. The lowest BCUT2D eigenvalue weighted by atomic mass is 10.2. The predicted molar refractivity (Wildman–Crippen MR) is 71.1 cm³/mol. The summed E-state index contributed by atoms with van der Waals surface area (Å²) >= 11 is 0. The number of hydrogen-bond acceptors (Lipinski definition) is 4. The SMILES string of the molecule is O=C(Nc1ccc(O)c(C(=O)O)c1)Oc1cccc(F)c1. The molecule has 2 aromatic carbocycles. The van der Waals surface area contributed by atoms with E-state index in [-0.39, 0.29) is 17.0 Å². The molecular formula is C14H10FNO5. The average molecular weight is 291 g/mol. The number of halogens is 1. The molecule has 7 heteroatoms. The van der Waals surface area contributed by atoms with Crippen LogP contribution < -0.4 is 10.1 Å². The number of benzene rings is 2. The Hall–Kier alpha value is -3.09. The molecule has 108 valence electrons. The van der Waals surface area contributed by atoms with Crippen LogP contribution in [0, 0.1) is 5.82 Å². The van der Waals surface area contributed by atoms with Gasteiger partial charge in [-0.1, -0.05) is 6.07 Å². The van der Waals surface area contributed by atoms with Crippen molar-refractivity contribution < 1.29 is 28.9 Å². The molecule has 0 aliphatic carbocycles. The van der Waals surface area contributed by atoms with Crippen LogP contribution in [0.15, 0.2) is 42.5 Å². The van der Waals surface area contributed by atoms with Crippen LogP contribution in [0.3, 0.4) is 0 Å². The summed E-state index contributed by atoms with van der Waals surface area (Å²) in [5, 5.41) is 20.5. The molecule has 2 aromatic rings. The molecule has 0 spiro atoms. The molecule has 0 unspecified atom stereocenters. The van der Waals surface area contributed by atoms with Gasteiger partial charge < -0.3 is 14.9 Å². The van der Waals surface area contributed by atoms with E-state index in [0.717, 1.165) is 18.2 Å². The van der Waals surface area contributed by atoms with Gasteiger partial charge >= 0.3 is 12.1 Å². The summed E-state index contributed by atoms with van der Waals surface area (Å²) in [4.78, 5) is 22.4. The van der Waals surface area contributed by atoms with E-state index >= 15 is 0 Å². The number of rotatable bonds is 3. The molecule has 0 aliphatic rings. The van der Waals surface area contributed by atoms with Crippen LogP contribution in [0.1, 0.15) is 10.4 Å². The van der Waals surface area contributed by atoms with Crippen molar-refractivity contribution in [3.63, 3.8) is 0 Å². The molecule has 0 aromatic heterocycles. The number of anilines is 1. The molecule has 0 heterocycles. The van der Waals surface area contributed by atoms with E-state index in [4.69, 9.17) is 9.84 Å². The summed E-state index contributed by atoms with van der Waals surface area (Å²) in [6.07, 6.45) is -0.914. The Labute approximate surface area is 118 Å². The summed E-state index contributed by atoms with van der Waals surface area (Å²) in [5.41, 5.74) is -0.245. The lowest BCUT2D eigenvalue weighted by Gasteiger charge is -2.08. The largest absolute Gasteiger partial charge is 0.507 e. The third kappa shape index (κ3) is 3.69. The van der Waals surface area contributed by atoms with Gasteiger partial charge in [-0.05, 0) is 30.3 Å². The first-order chi connectivity index (χ1) is 9.95. The van der Waals surface area contributed by atoms with E-state index in [9.17, 15) is 19.1 Å². The van der Waals surface area contributed by atoms with E-state index in [2.05, 4.69) is 5.32 Å². The molecule has 0 atom stereocenters. The quantitative estimate of drug-likeness (QED) is 0.756. The molecule has 1 amide bonds. The summed E-state index contributed by atoms with van der Waals surface area (Å²) < 4.78 is 17.8. The Morgan fingerprint density at radius 2 is 1.90 bits per heavy atom. The highest BCUT2D eigenvalue weighted by Crippen LogP contribution is 2.22. The number of carbonyl (C=O) groups is 2. The van der Waals surface area contributed by atoms with Gasteiger partial charge in [0, 0.05) is 11.8 Å². The van der Waals surface area contributed by atoms with Gasteiger partial charge in [-0.2, -0.15) is 0 Å². The van der Waals surface area contributed by atoms with Crippen molar-refractivity contribution in [1.29, 1.82) is 0 Å². The molecule has 6 nitrogen and oxygen atoms in total. The zero-order valence-electron chi connectivity index (χ0n) is 10.5. The highest BCUT2D eigenvalue weighted by atomic mass is 19.1. The minimum atomic E-state index is -1.34. The van der Waals surface area contributed by atoms with Crippen molar-refractivity contribution in [3.8, 4) is 11.5 Å². The van der Waals surface area contributed by atoms with E-state index in [1.54, 1.807) is 0 Å². The van der Waals surface area contributed by atoms with Gasteiger partial charge in [0.2, 0.25) is 0 Å². The van der Waals surface area contributed by atoms with E-state index < -0.39 is 23.6 Å². The maximum atomic E-state index is 12.9. The molecule has 0 saturated heterocycles. The molecule has 21 heavy (non-hydrogen) atoms. The zero-order chi connectivity index (χ0) is 15.4. The Bertz CT molecular complexity index is 702. The number of amides is 1. The zero-order valence-corrected chi connectivity index (χ0v) is 10.5. The first-order valence-corrected chi connectivity index (χ1v) is 5.76. The van der Waals surface area contributed by atoms with Crippen molar-refractivity contribution in [2.45, 2.75) is 0 Å². The molecule has 0 bridgehead atoms. The van der Waals surface area contributed by atoms with Crippen LogP contribution in [0.5, 0.6) is 11.5 Å². The van der Waals surface area contributed by atoms with Crippen LogP contribution in [0.4, 0.5) is 14.9 Å². The number of carbonyl (C=O) groups excluding carboxylic acids is 1. The van der Waals surface area contributed by atoms with Crippen LogP contribution in [-0.4, -0.2) is 22.3 Å². The number of nitrogens with one attached hydrogen (secondary N) is 1. The molecular weight excluding hydrogens is 281 g/mol. The lowest BCUT2D eigenvalue weighted by Crippen LogP contribution is -2.17. The second kappa shape index (κ2) is 5.91. The Balaban J connectivity index is 2.09. The van der Waals surface area contributed by atoms with Gasteiger partial charge in [0.1, 0.15) is 22.9 Å². The van der Waals surface area contributed by atoms with Gasteiger partial charge in [0.15, 0.2) is 0 Å². The van der Waals surface area contributed by atoms with Crippen molar-refractivity contribution in [2.75, 3.05) is 5.32 Å². The lowest BCUT2D eigenvalue weighted by molar-refractivity contribution is 0.0693.